The van der Waals surface area contributed by atoms with Gasteiger partial charge in [0.1, 0.15) is 0 Å². The minimum atomic E-state index is -3.61. The van der Waals surface area contributed by atoms with Gasteiger partial charge in [0.25, 0.3) is 0 Å². The number of hydrogen-bond donors (Lipinski definition) is 1. The normalized spacial score (nSPS) is 11.3. The second kappa shape index (κ2) is 9.67. The summed E-state index contributed by atoms with van der Waals surface area (Å²) in [6.07, 6.45) is 1.55. The van der Waals surface area contributed by atoms with Crippen LogP contribution in [0.1, 0.15) is 23.1 Å². The van der Waals surface area contributed by atoms with E-state index in [9.17, 15) is 13.2 Å². The Labute approximate surface area is 159 Å². The molecule has 0 aliphatic rings. The lowest BCUT2D eigenvalue weighted by Gasteiger charge is -2.17. The summed E-state index contributed by atoms with van der Waals surface area (Å²) in [7, 11) is -1.96. The highest BCUT2D eigenvalue weighted by molar-refractivity contribution is 7.92. The molecule has 2 aromatic carbocycles. The number of hydrogen-bond acceptors (Lipinski definition) is 4. The van der Waals surface area contributed by atoms with Crippen LogP contribution in [0.3, 0.4) is 0 Å². The second-order valence-electron chi connectivity index (χ2n) is 5.96. The van der Waals surface area contributed by atoms with Crippen molar-refractivity contribution in [3.63, 3.8) is 0 Å². The molecule has 7 heteroatoms. The Balaban J connectivity index is 1.82. The zero-order valence-electron chi connectivity index (χ0n) is 15.0. The predicted octanol–water partition coefficient (Wildman–Crippen LogP) is 2.50. The van der Waals surface area contributed by atoms with Crippen LogP contribution < -0.4 is 4.72 Å². The maximum Gasteiger partial charge on any atom is 0.233 e. The fourth-order valence-electron chi connectivity index (χ4n) is 2.37. The molecule has 0 aliphatic carbocycles. The fraction of sp³-hybridized carbons (Fsp3) is 0.200. The molecule has 0 unspecified atom stereocenters. The van der Waals surface area contributed by atoms with Gasteiger partial charge in [-0.15, -0.1) is 0 Å². The van der Waals surface area contributed by atoms with E-state index in [2.05, 4.69) is 10.8 Å². The zero-order valence-corrected chi connectivity index (χ0v) is 15.8. The molecule has 0 heterocycles. The molecule has 27 heavy (non-hydrogen) atoms. The summed E-state index contributed by atoms with van der Waals surface area (Å²) in [5, 5.41) is 10.0. The van der Waals surface area contributed by atoms with Crippen molar-refractivity contribution >= 4 is 22.0 Å². The minimum Gasteiger partial charge on any atom is -0.341 e. The minimum absolute atomic E-state index is 0.0167. The van der Waals surface area contributed by atoms with Crippen LogP contribution in [-0.2, 0) is 21.4 Å². The largest absolute Gasteiger partial charge is 0.341 e. The van der Waals surface area contributed by atoms with E-state index >= 15 is 0 Å². The summed E-state index contributed by atoms with van der Waals surface area (Å²) in [6, 6.07) is 18.2. The van der Waals surface area contributed by atoms with Gasteiger partial charge in [-0.25, -0.2) is 13.1 Å². The van der Waals surface area contributed by atoms with Crippen molar-refractivity contribution in [3.8, 4) is 6.07 Å². The van der Waals surface area contributed by atoms with Crippen LogP contribution >= 0.6 is 0 Å². The second-order valence-corrected chi connectivity index (χ2v) is 7.62. The number of carbonyl (C=O) groups excluding carboxylic acids is 1. The van der Waals surface area contributed by atoms with Gasteiger partial charge in [0.05, 0.1) is 11.6 Å². The van der Waals surface area contributed by atoms with Crippen molar-refractivity contribution in [2.45, 2.75) is 13.0 Å². The van der Waals surface area contributed by atoms with Crippen LogP contribution in [0.2, 0.25) is 0 Å². The van der Waals surface area contributed by atoms with E-state index in [0.717, 1.165) is 16.5 Å². The van der Waals surface area contributed by atoms with Crippen LogP contribution in [0.4, 0.5) is 0 Å². The molecule has 0 saturated heterocycles. The number of rotatable bonds is 8. The highest BCUT2D eigenvalue weighted by Gasteiger charge is 2.11. The molecule has 0 fully saturated rings. The van der Waals surface area contributed by atoms with E-state index in [-0.39, 0.29) is 18.9 Å². The average molecular weight is 383 g/mol. The molecule has 1 N–H and O–H groups in total. The summed E-state index contributed by atoms with van der Waals surface area (Å²) in [5.41, 5.74) is 2.15. The van der Waals surface area contributed by atoms with Crippen molar-refractivity contribution in [2.24, 2.45) is 0 Å². The topological polar surface area (TPSA) is 90.3 Å². The third-order valence-corrected chi connectivity index (χ3v) is 4.88. The standard InChI is InChI=1S/C20H21N3O3S/c1-23(16-19-9-5-8-18(14-19)15-21)20(24)10-12-22-27(25,26)13-11-17-6-3-2-4-7-17/h2-9,11,13-14,22H,10,12,16H2,1H3/b13-11+. The molecule has 0 spiro atoms. The Morgan fingerprint density at radius 1 is 1.19 bits per heavy atom. The quantitative estimate of drug-likeness (QED) is 0.758. The van der Waals surface area contributed by atoms with E-state index in [1.807, 2.05) is 24.3 Å². The van der Waals surface area contributed by atoms with Gasteiger partial charge in [0.2, 0.25) is 15.9 Å². The molecule has 0 bridgehead atoms. The van der Waals surface area contributed by atoms with Crippen LogP contribution in [-0.4, -0.2) is 32.8 Å². The first-order valence-corrected chi connectivity index (χ1v) is 9.90. The molecule has 2 aromatic rings. The Bertz CT molecular complexity index is 948. The molecule has 2 rings (SSSR count). The van der Waals surface area contributed by atoms with Crippen molar-refractivity contribution in [3.05, 3.63) is 76.7 Å². The Hall–Kier alpha value is -2.95. The zero-order chi connectivity index (χ0) is 19.7. The highest BCUT2D eigenvalue weighted by atomic mass is 32.2. The maximum absolute atomic E-state index is 12.2. The molecule has 140 valence electrons. The molecule has 6 nitrogen and oxygen atoms in total. The first-order valence-electron chi connectivity index (χ1n) is 8.35. The molecule has 0 atom stereocenters. The summed E-state index contributed by atoms with van der Waals surface area (Å²) in [4.78, 5) is 13.7. The van der Waals surface area contributed by atoms with Crippen LogP contribution in [0, 0.1) is 11.3 Å². The number of benzene rings is 2. The van der Waals surface area contributed by atoms with Gasteiger partial charge in [0, 0.05) is 32.0 Å². The lowest BCUT2D eigenvalue weighted by atomic mass is 10.1. The molecule has 0 aliphatic heterocycles. The van der Waals surface area contributed by atoms with Crippen LogP contribution in [0.15, 0.2) is 60.0 Å². The maximum atomic E-state index is 12.2. The van der Waals surface area contributed by atoms with Crippen molar-refractivity contribution in [1.29, 1.82) is 5.26 Å². The molecule has 0 aromatic heterocycles. The van der Waals surface area contributed by atoms with E-state index < -0.39 is 10.0 Å². The van der Waals surface area contributed by atoms with Crippen LogP contribution in [0.25, 0.3) is 6.08 Å². The number of amides is 1. The van der Waals surface area contributed by atoms with Gasteiger partial charge in [-0.2, -0.15) is 5.26 Å². The summed E-state index contributed by atoms with van der Waals surface area (Å²) in [6.45, 7) is 0.373. The molecular formula is C20H21N3O3S. The van der Waals surface area contributed by atoms with Gasteiger partial charge in [-0.1, -0.05) is 42.5 Å². The Kier molecular flexibility index (Phi) is 7.29. The number of nitrogens with one attached hydrogen (secondary N) is 1. The van der Waals surface area contributed by atoms with Gasteiger partial charge >= 0.3 is 0 Å². The van der Waals surface area contributed by atoms with Crippen molar-refractivity contribution in [1.82, 2.24) is 9.62 Å². The molecular weight excluding hydrogens is 362 g/mol. The first kappa shape index (κ1) is 20.4. The number of nitrogens with zero attached hydrogens (tertiary/aromatic N) is 2. The summed E-state index contributed by atoms with van der Waals surface area (Å²) in [5.74, 6) is -0.188. The molecule has 0 saturated carbocycles. The molecule has 0 radical (unpaired) electrons. The summed E-state index contributed by atoms with van der Waals surface area (Å²) >= 11 is 0. The van der Waals surface area contributed by atoms with Gasteiger partial charge in [-0.3, -0.25) is 4.79 Å². The average Bonchev–Trinajstić information content (AvgIpc) is 2.67. The van der Waals surface area contributed by atoms with Crippen LogP contribution in [0.5, 0.6) is 0 Å². The fourth-order valence-corrected chi connectivity index (χ4v) is 3.19. The van der Waals surface area contributed by atoms with E-state index in [4.69, 9.17) is 5.26 Å². The monoisotopic (exact) mass is 383 g/mol. The first-order chi connectivity index (χ1) is 12.9. The Morgan fingerprint density at radius 2 is 1.93 bits per heavy atom. The van der Waals surface area contributed by atoms with Gasteiger partial charge in [0.15, 0.2) is 0 Å². The molecule has 1 amide bonds. The lowest BCUT2D eigenvalue weighted by molar-refractivity contribution is -0.130. The number of sulfonamides is 1. The highest BCUT2D eigenvalue weighted by Crippen LogP contribution is 2.08. The van der Waals surface area contributed by atoms with Gasteiger partial charge in [-0.05, 0) is 29.3 Å². The lowest BCUT2D eigenvalue weighted by Crippen LogP contribution is -2.31. The SMILES string of the molecule is CN(Cc1cccc(C#N)c1)C(=O)CCNS(=O)(=O)/C=C/c1ccccc1. The summed E-state index contributed by atoms with van der Waals surface area (Å²) < 4.78 is 26.3. The Morgan fingerprint density at radius 3 is 2.63 bits per heavy atom. The number of carbonyl (C=O) groups is 1. The number of nitriles is 1. The third-order valence-electron chi connectivity index (χ3n) is 3.78. The predicted molar refractivity (Wildman–Crippen MR) is 105 cm³/mol. The van der Waals surface area contributed by atoms with Crippen molar-refractivity contribution < 1.29 is 13.2 Å². The third kappa shape index (κ3) is 7.05. The van der Waals surface area contributed by atoms with E-state index in [1.54, 1.807) is 37.4 Å². The smallest absolute Gasteiger partial charge is 0.233 e. The van der Waals surface area contributed by atoms with E-state index in [0.29, 0.717) is 12.1 Å². The van der Waals surface area contributed by atoms with E-state index in [1.165, 1.54) is 11.0 Å². The van der Waals surface area contributed by atoms with Crippen molar-refractivity contribution in [2.75, 3.05) is 13.6 Å². The van der Waals surface area contributed by atoms with Gasteiger partial charge < -0.3 is 4.90 Å².